The summed E-state index contributed by atoms with van der Waals surface area (Å²) in [5, 5.41) is 7.02. The minimum absolute atomic E-state index is 0.293. The van der Waals surface area contributed by atoms with E-state index in [1.54, 1.807) is 0 Å². The Morgan fingerprint density at radius 1 is 1.33 bits per heavy atom. The van der Waals surface area contributed by atoms with E-state index in [0.29, 0.717) is 10.8 Å². The van der Waals surface area contributed by atoms with Gasteiger partial charge in [0.05, 0.1) is 0 Å². The predicted octanol–water partition coefficient (Wildman–Crippen LogP) is 3.03. The molecule has 1 unspecified atom stereocenters. The van der Waals surface area contributed by atoms with Crippen LogP contribution in [0, 0.1) is 0 Å². The molecule has 21 heavy (non-hydrogen) atoms. The second-order valence-electron chi connectivity index (χ2n) is 5.97. The van der Waals surface area contributed by atoms with E-state index >= 15 is 0 Å². The van der Waals surface area contributed by atoms with E-state index in [9.17, 15) is 0 Å². The zero-order valence-electron chi connectivity index (χ0n) is 14.2. The molecule has 0 aliphatic carbocycles. The molecule has 1 saturated heterocycles. The molecule has 5 heteroatoms. The molecular formula is C16H33N3OS. The summed E-state index contributed by atoms with van der Waals surface area (Å²) in [7, 11) is 1.85. The van der Waals surface area contributed by atoms with Crippen molar-refractivity contribution in [2.75, 3.05) is 33.1 Å². The molecule has 1 aliphatic heterocycles. The first-order valence-corrected chi connectivity index (χ1v) is 9.48. The van der Waals surface area contributed by atoms with Gasteiger partial charge in [0.15, 0.2) is 5.96 Å². The zero-order chi connectivity index (χ0) is 15.6. The number of aliphatic imine (C=N–C) groups is 1. The van der Waals surface area contributed by atoms with Crippen LogP contribution in [0.4, 0.5) is 0 Å². The van der Waals surface area contributed by atoms with Gasteiger partial charge in [-0.15, -0.1) is 0 Å². The quantitative estimate of drug-likeness (QED) is 0.410. The van der Waals surface area contributed by atoms with Crippen molar-refractivity contribution in [3.8, 4) is 0 Å². The van der Waals surface area contributed by atoms with E-state index in [1.807, 2.05) is 18.8 Å². The van der Waals surface area contributed by atoms with Crippen molar-refractivity contribution < 1.29 is 4.74 Å². The Morgan fingerprint density at radius 2 is 2.05 bits per heavy atom. The molecule has 2 N–H and O–H groups in total. The molecular weight excluding hydrogens is 282 g/mol. The topological polar surface area (TPSA) is 45.7 Å². The van der Waals surface area contributed by atoms with E-state index < -0.39 is 0 Å². The van der Waals surface area contributed by atoms with E-state index in [-0.39, 0.29) is 0 Å². The third-order valence-corrected chi connectivity index (χ3v) is 5.68. The lowest BCUT2D eigenvalue weighted by Crippen LogP contribution is -2.49. The molecule has 0 spiro atoms. The largest absolute Gasteiger partial charge is 0.381 e. The maximum Gasteiger partial charge on any atom is 0.191 e. The number of nitrogens with one attached hydrogen (secondary N) is 2. The van der Waals surface area contributed by atoms with Gasteiger partial charge in [-0.3, -0.25) is 4.99 Å². The summed E-state index contributed by atoms with van der Waals surface area (Å²) in [5.41, 5.74) is 0. The smallest absolute Gasteiger partial charge is 0.191 e. The molecule has 1 fully saturated rings. The van der Waals surface area contributed by atoms with Gasteiger partial charge in [-0.2, -0.15) is 11.8 Å². The number of thioether (sulfide) groups is 1. The van der Waals surface area contributed by atoms with Crippen molar-refractivity contribution in [2.24, 2.45) is 4.99 Å². The maximum absolute atomic E-state index is 5.49. The van der Waals surface area contributed by atoms with Gasteiger partial charge in [-0.25, -0.2) is 0 Å². The van der Waals surface area contributed by atoms with Crippen LogP contribution in [0.5, 0.6) is 0 Å². The Bertz CT molecular complexity index is 304. The van der Waals surface area contributed by atoms with Crippen LogP contribution in [-0.4, -0.2) is 49.8 Å². The van der Waals surface area contributed by atoms with Crippen molar-refractivity contribution in [3.05, 3.63) is 0 Å². The molecule has 0 bridgehead atoms. The minimum Gasteiger partial charge on any atom is -0.381 e. The third-order valence-electron chi connectivity index (χ3n) is 4.26. The lowest BCUT2D eigenvalue weighted by molar-refractivity contribution is 0.0782. The average Bonchev–Trinajstić information content (AvgIpc) is 2.52. The first-order chi connectivity index (χ1) is 10.2. The second-order valence-corrected chi connectivity index (χ2v) is 7.24. The summed E-state index contributed by atoms with van der Waals surface area (Å²) in [6.45, 7) is 7.19. The fourth-order valence-electron chi connectivity index (χ4n) is 2.64. The van der Waals surface area contributed by atoms with Crippen LogP contribution < -0.4 is 10.6 Å². The fraction of sp³-hybridized carbons (Fsp3) is 0.938. The fourth-order valence-corrected chi connectivity index (χ4v) is 3.43. The number of unbranched alkanes of at least 4 members (excludes halogenated alkanes) is 2. The molecule has 1 aliphatic rings. The van der Waals surface area contributed by atoms with Crippen molar-refractivity contribution in [3.63, 3.8) is 0 Å². The number of nitrogens with zero attached hydrogens (tertiary/aromatic N) is 1. The maximum atomic E-state index is 5.49. The van der Waals surface area contributed by atoms with Crippen LogP contribution in [0.15, 0.2) is 4.99 Å². The van der Waals surface area contributed by atoms with Crippen molar-refractivity contribution in [1.82, 2.24) is 10.6 Å². The van der Waals surface area contributed by atoms with Gasteiger partial charge in [-0.1, -0.05) is 26.2 Å². The van der Waals surface area contributed by atoms with Crippen LogP contribution in [-0.2, 0) is 4.74 Å². The number of rotatable bonds is 8. The number of hydrogen-bond donors (Lipinski definition) is 2. The van der Waals surface area contributed by atoms with Gasteiger partial charge >= 0.3 is 0 Å². The summed E-state index contributed by atoms with van der Waals surface area (Å²) >= 11 is 1.96. The van der Waals surface area contributed by atoms with Crippen LogP contribution in [0.1, 0.15) is 52.4 Å². The van der Waals surface area contributed by atoms with Gasteiger partial charge in [0, 0.05) is 37.6 Å². The lowest BCUT2D eigenvalue weighted by Gasteiger charge is -2.36. The minimum atomic E-state index is 0.293. The van der Waals surface area contributed by atoms with Crippen LogP contribution in [0.3, 0.4) is 0 Å². The number of guanidine groups is 1. The van der Waals surface area contributed by atoms with Crippen LogP contribution in [0.25, 0.3) is 0 Å². The zero-order valence-corrected chi connectivity index (χ0v) is 15.0. The highest BCUT2D eigenvalue weighted by atomic mass is 32.2. The molecule has 1 atom stereocenters. The predicted molar refractivity (Wildman–Crippen MR) is 94.4 cm³/mol. The van der Waals surface area contributed by atoms with Gasteiger partial charge in [0.2, 0.25) is 0 Å². The van der Waals surface area contributed by atoms with Crippen molar-refractivity contribution in [1.29, 1.82) is 0 Å². The summed E-state index contributed by atoms with van der Waals surface area (Å²) in [5.74, 6) is 0.930. The molecule has 4 nitrogen and oxygen atoms in total. The molecule has 0 radical (unpaired) electrons. The van der Waals surface area contributed by atoms with Gasteiger partial charge in [0.1, 0.15) is 0 Å². The van der Waals surface area contributed by atoms with Crippen molar-refractivity contribution in [2.45, 2.75) is 63.2 Å². The Morgan fingerprint density at radius 3 is 2.62 bits per heavy atom. The SMILES string of the molecule is CCCCCC(C)NC(=NC)NCC1(SC)CCOCC1. The molecule has 0 amide bonds. The highest BCUT2D eigenvalue weighted by Gasteiger charge is 2.31. The summed E-state index contributed by atoms with van der Waals surface area (Å²) in [6.07, 6.45) is 9.51. The lowest BCUT2D eigenvalue weighted by atomic mass is 9.99. The summed E-state index contributed by atoms with van der Waals surface area (Å²) in [6, 6.07) is 0.475. The summed E-state index contributed by atoms with van der Waals surface area (Å²) in [4.78, 5) is 4.36. The standard InChI is InChI=1S/C16H33N3OS/c1-5-6-7-8-14(2)19-15(17-3)18-13-16(21-4)9-11-20-12-10-16/h14H,5-13H2,1-4H3,(H2,17,18,19). The molecule has 124 valence electrons. The molecule has 0 aromatic rings. The first-order valence-electron chi connectivity index (χ1n) is 8.26. The highest BCUT2D eigenvalue weighted by molar-refractivity contribution is 8.00. The van der Waals surface area contributed by atoms with Gasteiger partial charge in [0.25, 0.3) is 0 Å². The van der Waals surface area contributed by atoms with Crippen LogP contribution >= 0.6 is 11.8 Å². The van der Waals surface area contributed by atoms with Gasteiger partial charge < -0.3 is 15.4 Å². The molecule has 0 aromatic heterocycles. The Labute approximate surface area is 134 Å². The molecule has 1 heterocycles. The first kappa shape index (κ1) is 18.6. The van der Waals surface area contributed by atoms with E-state index in [1.165, 1.54) is 25.7 Å². The van der Waals surface area contributed by atoms with E-state index in [2.05, 4.69) is 35.7 Å². The van der Waals surface area contributed by atoms with Gasteiger partial charge in [-0.05, 0) is 32.4 Å². The average molecular weight is 316 g/mol. The Hall–Kier alpha value is -0.420. The Balaban J connectivity index is 2.36. The van der Waals surface area contributed by atoms with E-state index in [4.69, 9.17) is 4.74 Å². The number of hydrogen-bond acceptors (Lipinski definition) is 3. The molecule has 1 rings (SSSR count). The normalized spacial score (nSPS) is 20.1. The van der Waals surface area contributed by atoms with E-state index in [0.717, 1.165) is 38.6 Å². The monoisotopic (exact) mass is 315 g/mol. The molecule has 0 saturated carbocycles. The van der Waals surface area contributed by atoms with Crippen LogP contribution in [0.2, 0.25) is 0 Å². The summed E-state index contributed by atoms with van der Waals surface area (Å²) < 4.78 is 5.79. The number of ether oxygens (including phenoxy) is 1. The second kappa shape index (κ2) is 10.3. The van der Waals surface area contributed by atoms with Crippen molar-refractivity contribution >= 4 is 17.7 Å². The highest BCUT2D eigenvalue weighted by Crippen LogP contribution is 2.32. The molecule has 0 aromatic carbocycles. The third kappa shape index (κ3) is 6.92. The Kier molecular flexibility index (Phi) is 9.16.